The Labute approximate surface area is 165 Å². The van der Waals surface area contributed by atoms with E-state index >= 15 is 0 Å². The average molecular weight is 372 g/mol. The van der Waals surface area contributed by atoms with Crippen LogP contribution in [0.1, 0.15) is 41.0 Å². The van der Waals surface area contributed by atoms with Crippen LogP contribution in [0.5, 0.6) is 5.75 Å². The van der Waals surface area contributed by atoms with Gasteiger partial charge >= 0.3 is 0 Å². The molecule has 1 heterocycles. The molecule has 1 N–H and O–H groups in total. The van der Waals surface area contributed by atoms with Crippen LogP contribution in [0.15, 0.2) is 72.8 Å². The van der Waals surface area contributed by atoms with Crippen LogP contribution < -0.4 is 15.0 Å². The highest BCUT2D eigenvalue weighted by molar-refractivity contribution is 6.12. The molecule has 0 aromatic heterocycles. The molecule has 142 valence electrons. The van der Waals surface area contributed by atoms with Gasteiger partial charge in [0.15, 0.2) is 0 Å². The summed E-state index contributed by atoms with van der Waals surface area (Å²) in [5.41, 5.74) is 4.65. The summed E-state index contributed by atoms with van der Waals surface area (Å²) >= 11 is 0. The van der Waals surface area contributed by atoms with Crippen LogP contribution in [-0.2, 0) is 6.42 Å². The number of carbonyl (C=O) groups excluding carboxylic acids is 1. The summed E-state index contributed by atoms with van der Waals surface area (Å²) in [7, 11) is 1.65. The van der Waals surface area contributed by atoms with Crippen molar-refractivity contribution in [3.05, 3.63) is 89.5 Å². The van der Waals surface area contributed by atoms with Crippen molar-refractivity contribution in [3.8, 4) is 5.75 Å². The summed E-state index contributed by atoms with van der Waals surface area (Å²) in [4.78, 5) is 15.2. The highest BCUT2D eigenvalue weighted by Gasteiger charge is 2.34. The highest BCUT2D eigenvalue weighted by atomic mass is 16.5. The standard InChI is InChI=1S/C24H24N2O2/c1-3-7-17-12-14-19(15-13-17)26-23(18-8-6-9-20(16-18)28-2)25-22-11-5-4-10-21(22)24(26)27/h4-6,8-16,23,25H,3,7H2,1-2H3. The molecule has 0 spiro atoms. The Hall–Kier alpha value is -3.27. The van der Waals surface area contributed by atoms with E-state index in [1.54, 1.807) is 7.11 Å². The summed E-state index contributed by atoms with van der Waals surface area (Å²) in [6.45, 7) is 2.17. The van der Waals surface area contributed by atoms with Crippen LogP contribution >= 0.6 is 0 Å². The second-order valence-corrected chi connectivity index (χ2v) is 6.96. The summed E-state index contributed by atoms with van der Waals surface area (Å²) in [6.07, 6.45) is 1.83. The van der Waals surface area contributed by atoms with Crippen molar-refractivity contribution in [2.24, 2.45) is 0 Å². The Morgan fingerprint density at radius 1 is 1.00 bits per heavy atom. The van der Waals surface area contributed by atoms with Crippen LogP contribution in [-0.4, -0.2) is 13.0 Å². The van der Waals surface area contributed by atoms with Crippen molar-refractivity contribution in [2.75, 3.05) is 17.3 Å². The van der Waals surface area contributed by atoms with Crippen molar-refractivity contribution in [1.29, 1.82) is 0 Å². The number of hydrogen-bond acceptors (Lipinski definition) is 3. The van der Waals surface area contributed by atoms with E-state index in [9.17, 15) is 4.79 Å². The monoisotopic (exact) mass is 372 g/mol. The van der Waals surface area contributed by atoms with E-state index in [4.69, 9.17) is 4.74 Å². The van der Waals surface area contributed by atoms with Gasteiger partial charge in [0.1, 0.15) is 11.9 Å². The van der Waals surface area contributed by atoms with Gasteiger partial charge in [0.05, 0.1) is 12.7 Å². The normalized spacial score (nSPS) is 15.7. The number of rotatable bonds is 5. The van der Waals surface area contributed by atoms with Crippen LogP contribution in [0.25, 0.3) is 0 Å². The zero-order valence-corrected chi connectivity index (χ0v) is 16.2. The van der Waals surface area contributed by atoms with Crippen molar-refractivity contribution >= 4 is 17.3 Å². The van der Waals surface area contributed by atoms with E-state index in [1.165, 1.54) is 5.56 Å². The van der Waals surface area contributed by atoms with E-state index in [-0.39, 0.29) is 12.1 Å². The minimum atomic E-state index is -0.311. The lowest BCUT2D eigenvalue weighted by atomic mass is 10.0. The zero-order valence-electron chi connectivity index (χ0n) is 16.2. The fourth-order valence-electron chi connectivity index (χ4n) is 3.68. The van der Waals surface area contributed by atoms with E-state index in [0.717, 1.165) is 35.5 Å². The molecule has 0 bridgehead atoms. The second kappa shape index (κ2) is 7.77. The third kappa shape index (κ3) is 3.33. The molecule has 0 saturated carbocycles. The third-order valence-electron chi connectivity index (χ3n) is 5.09. The maximum Gasteiger partial charge on any atom is 0.262 e. The number of anilines is 2. The molecule has 28 heavy (non-hydrogen) atoms. The Morgan fingerprint density at radius 2 is 1.79 bits per heavy atom. The highest BCUT2D eigenvalue weighted by Crippen LogP contribution is 2.37. The Bertz CT molecular complexity index is 982. The summed E-state index contributed by atoms with van der Waals surface area (Å²) in [6, 6.07) is 23.8. The number of methoxy groups -OCH3 is 1. The first-order valence-electron chi connectivity index (χ1n) is 9.63. The first kappa shape index (κ1) is 18.1. The molecule has 0 aliphatic carbocycles. The number of aryl methyl sites for hydroxylation is 1. The molecule has 1 aliphatic heterocycles. The number of para-hydroxylation sites is 1. The predicted molar refractivity (Wildman–Crippen MR) is 113 cm³/mol. The van der Waals surface area contributed by atoms with Gasteiger partial charge < -0.3 is 10.1 Å². The number of benzene rings is 3. The molecule has 1 unspecified atom stereocenters. The van der Waals surface area contributed by atoms with Gasteiger partial charge in [-0.25, -0.2) is 0 Å². The molecule has 0 fully saturated rings. The minimum absolute atomic E-state index is 0.00888. The smallest absolute Gasteiger partial charge is 0.262 e. The van der Waals surface area contributed by atoms with Gasteiger partial charge in [-0.1, -0.05) is 49.7 Å². The number of amides is 1. The van der Waals surface area contributed by atoms with Gasteiger partial charge in [-0.3, -0.25) is 9.69 Å². The third-order valence-corrected chi connectivity index (χ3v) is 5.09. The molecule has 1 amide bonds. The fraction of sp³-hybridized carbons (Fsp3) is 0.208. The van der Waals surface area contributed by atoms with Crippen molar-refractivity contribution in [1.82, 2.24) is 0 Å². The molecule has 3 aromatic carbocycles. The lowest BCUT2D eigenvalue weighted by Crippen LogP contribution is -2.43. The SMILES string of the molecule is CCCc1ccc(N2C(=O)c3ccccc3NC2c2cccc(OC)c2)cc1. The van der Waals surface area contributed by atoms with Crippen molar-refractivity contribution < 1.29 is 9.53 Å². The number of carbonyl (C=O) groups is 1. The van der Waals surface area contributed by atoms with Crippen LogP contribution in [0.3, 0.4) is 0 Å². The number of ether oxygens (including phenoxy) is 1. The molecule has 3 aromatic rings. The van der Waals surface area contributed by atoms with E-state index in [2.05, 4.69) is 24.4 Å². The van der Waals surface area contributed by atoms with E-state index < -0.39 is 0 Å². The fourth-order valence-corrected chi connectivity index (χ4v) is 3.68. The van der Waals surface area contributed by atoms with Gasteiger partial charge in [0, 0.05) is 11.4 Å². The second-order valence-electron chi connectivity index (χ2n) is 6.96. The topological polar surface area (TPSA) is 41.6 Å². The van der Waals surface area contributed by atoms with Gasteiger partial charge in [0.25, 0.3) is 5.91 Å². The lowest BCUT2D eigenvalue weighted by molar-refractivity contribution is 0.0975. The first-order chi connectivity index (χ1) is 13.7. The number of nitrogens with one attached hydrogen (secondary N) is 1. The quantitative estimate of drug-likeness (QED) is 0.650. The first-order valence-corrected chi connectivity index (χ1v) is 9.63. The molecule has 1 aliphatic rings. The summed E-state index contributed by atoms with van der Waals surface area (Å²) in [5, 5.41) is 3.53. The molecular weight excluding hydrogens is 348 g/mol. The number of hydrogen-bond donors (Lipinski definition) is 1. The van der Waals surface area contributed by atoms with E-state index in [0.29, 0.717) is 5.56 Å². The molecule has 0 radical (unpaired) electrons. The Balaban J connectivity index is 1.80. The predicted octanol–water partition coefficient (Wildman–Crippen LogP) is 5.42. The van der Waals surface area contributed by atoms with Crippen LogP contribution in [0, 0.1) is 0 Å². The van der Waals surface area contributed by atoms with Crippen LogP contribution in [0.2, 0.25) is 0 Å². The maximum absolute atomic E-state index is 13.4. The molecule has 4 heteroatoms. The largest absolute Gasteiger partial charge is 0.497 e. The van der Waals surface area contributed by atoms with Crippen LogP contribution in [0.4, 0.5) is 11.4 Å². The number of fused-ring (bicyclic) bond motifs is 1. The van der Waals surface area contributed by atoms with E-state index in [1.807, 2.05) is 65.6 Å². The van der Waals surface area contributed by atoms with Gasteiger partial charge in [-0.2, -0.15) is 0 Å². The molecule has 4 rings (SSSR count). The minimum Gasteiger partial charge on any atom is -0.497 e. The van der Waals surface area contributed by atoms with Gasteiger partial charge in [0.2, 0.25) is 0 Å². The zero-order chi connectivity index (χ0) is 19.5. The molecular formula is C24H24N2O2. The molecule has 1 atom stereocenters. The summed E-state index contributed by atoms with van der Waals surface area (Å²) in [5.74, 6) is 0.759. The van der Waals surface area contributed by atoms with Gasteiger partial charge in [-0.15, -0.1) is 0 Å². The maximum atomic E-state index is 13.4. The molecule has 4 nitrogen and oxygen atoms in total. The van der Waals surface area contributed by atoms with Crippen molar-refractivity contribution in [2.45, 2.75) is 25.9 Å². The Kier molecular flexibility index (Phi) is 5.02. The Morgan fingerprint density at radius 3 is 2.54 bits per heavy atom. The van der Waals surface area contributed by atoms with Gasteiger partial charge in [-0.05, 0) is 53.9 Å². The number of nitrogens with zero attached hydrogens (tertiary/aromatic N) is 1. The summed E-state index contributed by atoms with van der Waals surface area (Å²) < 4.78 is 5.39. The average Bonchev–Trinajstić information content (AvgIpc) is 2.75. The van der Waals surface area contributed by atoms with Crippen molar-refractivity contribution in [3.63, 3.8) is 0 Å². The lowest BCUT2D eigenvalue weighted by Gasteiger charge is -2.38. The molecule has 0 saturated heterocycles.